The zero-order chi connectivity index (χ0) is 27.8. The van der Waals surface area contributed by atoms with E-state index in [1.165, 1.54) is 4.31 Å². The zero-order valence-corrected chi connectivity index (χ0v) is 24.3. The van der Waals surface area contributed by atoms with Crippen LogP contribution in [0.4, 0.5) is 5.69 Å². The van der Waals surface area contributed by atoms with Gasteiger partial charge in [-0.15, -0.1) is 0 Å². The number of anilines is 1. The monoisotopic (exact) mass is 549 g/mol. The highest BCUT2D eigenvalue weighted by Crippen LogP contribution is 2.27. The molecule has 2 aromatic carbocycles. The topological polar surface area (TPSA) is 86.8 Å². The van der Waals surface area contributed by atoms with E-state index in [1.807, 2.05) is 58.9 Å². The van der Waals surface area contributed by atoms with Gasteiger partial charge in [0.1, 0.15) is 6.04 Å². The van der Waals surface area contributed by atoms with Crippen LogP contribution >= 0.6 is 11.6 Å². The molecule has 0 aliphatic rings. The van der Waals surface area contributed by atoms with Gasteiger partial charge in [0.15, 0.2) is 0 Å². The first-order chi connectivity index (χ1) is 17.4. The van der Waals surface area contributed by atoms with Crippen molar-refractivity contribution in [3.05, 3.63) is 64.2 Å². The molecule has 2 aromatic rings. The summed E-state index contributed by atoms with van der Waals surface area (Å²) in [7, 11) is -3.59. The number of amides is 2. The number of hydrogen-bond donors (Lipinski definition) is 1. The second kappa shape index (κ2) is 13.8. The Hall–Kier alpha value is -2.58. The van der Waals surface area contributed by atoms with Gasteiger partial charge in [0.05, 0.1) is 11.9 Å². The lowest BCUT2D eigenvalue weighted by Crippen LogP contribution is -2.50. The lowest BCUT2D eigenvalue weighted by Gasteiger charge is -2.32. The van der Waals surface area contributed by atoms with Crippen molar-refractivity contribution in [2.24, 2.45) is 0 Å². The van der Waals surface area contributed by atoms with Gasteiger partial charge in [-0.25, -0.2) is 8.42 Å². The molecule has 9 heteroatoms. The predicted octanol–water partition coefficient (Wildman–Crippen LogP) is 5.23. The fraction of sp³-hybridized carbons (Fsp3) is 0.500. The van der Waals surface area contributed by atoms with Crippen LogP contribution in [0.25, 0.3) is 0 Å². The van der Waals surface area contributed by atoms with Crippen molar-refractivity contribution < 1.29 is 18.0 Å². The molecule has 2 rings (SSSR count). The van der Waals surface area contributed by atoms with Crippen molar-refractivity contribution in [1.82, 2.24) is 10.2 Å². The molecule has 2 amide bonds. The number of carbonyl (C=O) groups excluding carboxylic acids is 2. The summed E-state index contributed by atoms with van der Waals surface area (Å²) in [4.78, 5) is 28.3. The van der Waals surface area contributed by atoms with Crippen LogP contribution in [0.1, 0.15) is 63.1 Å². The number of hydrogen-bond acceptors (Lipinski definition) is 4. The highest BCUT2D eigenvalue weighted by molar-refractivity contribution is 7.92. The van der Waals surface area contributed by atoms with Gasteiger partial charge in [-0.2, -0.15) is 0 Å². The second-order valence-corrected chi connectivity index (χ2v) is 11.9. The van der Waals surface area contributed by atoms with Crippen molar-refractivity contribution in [2.45, 2.75) is 78.9 Å². The number of rotatable bonds is 13. The summed E-state index contributed by atoms with van der Waals surface area (Å²) in [5.41, 5.74) is 3.28. The van der Waals surface area contributed by atoms with E-state index in [0.717, 1.165) is 29.4 Å². The summed E-state index contributed by atoms with van der Waals surface area (Å²) in [5, 5.41) is 3.45. The first-order valence-corrected chi connectivity index (χ1v) is 15.0. The average molecular weight is 550 g/mol. The summed E-state index contributed by atoms with van der Waals surface area (Å²) >= 11 is 6.13. The number of nitrogens with zero attached hydrogens (tertiary/aromatic N) is 2. The van der Waals surface area contributed by atoms with Crippen molar-refractivity contribution in [3.63, 3.8) is 0 Å². The Kier molecular flexibility index (Phi) is 11.4. The van der Waals surface area contributed by atoms with E-state index in [2.05, 4.69) is 5.32 Å². The molecular formula is C28H40ClN3O4S. The molecule has 7 nitrogen and oxygen atoms in total. The minimum atomic E-state index is -3.59. The molecule has 0 radical (unpaired) electrons. The summed E-state index contributed by atoms with van der Waals surface area (Å²) < 4.78 is 26.5. The largest absolute Gasteiger partial charge is 0.352 e. The zero-order valence-electron chi connectivity index (χ0n) is 22.8. The molecule has 0 aliphatic carbocycles. The molecule has 0 saturated heterocycles. The van der Waals surface area contributed by atoms with Crippen LogP contribution in [0.15, 0.2) is 42.5 Å². The highest BCUT2D eigenvalue weighted by atomic mass is 35.5. The van der Waals surface area contributed by atoms with Crippen molar-refractivity contribution in [2.75, 3.05) is 17.1 Å². The van der Waals surface area contributed by atoms with Crippen molar-refractivity contribution in [3.8, 4) is 0 Å². The van der Waals surface area contributed by atoms with Gasteiger partial charge in [0.2, 0.25) is 21.8 Å². The molecule has 0 spiro atoms. The molecule has 0 heterocycles. The molecule has 204 valence electrons. The van der Waals surface area contributed by atoms with E-state index < -0.39 is 16.1 Å². The van der Waals surface area contributed by atoms with Gasteiger partial charge in [-0.1, -0.05) is 55.8 Å². The molecular weight excluding hydrogens is 510 g/mol. The molecule has 0 bridgehead atoms. The minimum Gasteiger partial charge on any atom is -0.352 e. The third-order valence-electron chi connectivity index (χ3n) is 6.58. The van der Waals surface area contributed by atoms with Crippen LogP contribution in [0, 0.1) is 13.8 Å². The van der Waals surface area contributed by atoms with Crippen LogP contribution in [0.2, 0.25) is 5.02 Å². The van der Waals surface area contributed by atoms with Gasteiger partial charge < -0.3 is 10.2 Å². The molecule has 0 aliphatic heterocycles. The highest BCUT2D eigenvalue weighted by Gasteiger charge is 2.29. The Balaban J connectivity index is 2.27. The number of halogens is 1. The maximum absolute atomic E-state index is 13.6. The number of nitrogens with one attached hydrogen (secondary N) is 1. The second-order valence-electron chi connectivity index (χ2n) is 9.56. The predicted molar refractivity (Wildman–Crippen MR) is 151 cm³/mol. The summed E-state index contributed by atoms with van der Waals surface area (Å²) in [6.45, 7) is 10.1. The summed E-state index contributed by atoms with van der Waals surface area (Å²) in [6, 6.07) is 12.3. The van der Waals surface area contributed by atoms with Crippen LogP contribution in [0.3, 0.4) is 0 Å². The van der Waals surface area contributed by atoms with Gasteiger partial charge in [-0.05, 0) is 68.9 Å². The van der Waals surface area contributed by atoms with Crippen molar-refractivity contribution >= 4 is 39.1 Å². The number of aryl methyl sites for hydroxylation is 2. The van der Waals surface area contributed by atoms with E-state index >= 15 is 0 Å². The van der Waals surface area contributed by atoms with Crippen molar-refractivity contribution in [1.29, 1.82) is 0 Å². The van der Waals surface area contributed by atoms with Gasteiger partial charge in [0, 0.05) is 30.6 Å². The molecule has 2 atom stereocenters. The van der Waals surface area contributed by atoms with Crippen LogP contribution in [-0.4, -0.2) is 50.0 Å². The summed E-state index contributed by atoms with van der Waals surface area (Å²) in [6.07, 6.45) is 2.80. The van der Waals surface area contributed by atoms with E-state index in [9.17, 15) is 18.0 Å². The SMILES string of the molecule is CCC(C)NC(=O)C(CC)N(Cc1ccccc1C)C(=O)CCCN(c1cc(Cl)ccc1C)S(C)(=O)=O. The normalized spacial score (nSPS) is 13.1. The molecule has 2 unspecified atom stereocenters. The lowest BCUT2D eigenvalue weighted by molar-refractivity contribution is -0.141. The Morgan fingerprint density at radius 2 is 1.70 bits per heavy atom. The number of carbonyl (C=O) groups is 2. The van der Waals surface area contributed by atoms with Crippen LogP contribution in [0.5, 0.6) is 0 Å². The Morgan fingerprint density at radius 3 is 2.30 bits per heavy atom. The van der Waals surface area contributed by atoms with E-state index in [-0.39, 0.29) is 30.8 Å². The third-order valence-corrected chi connectivity index (χ3v) is 8.00. The fourth-order valence-electron chi connectivity index (χ4n) is 4.17. The Labute approximate surface area is 227 Å². The Morgan fingerprint density at radius 1 is 1.03 bits per heavy atom. The lowest BCUT2D eigenvalue weighted by atomic mass is 10.0. The quantitative estimate of drug-likeness (QED) is 0.371. The van der Waals surface area contributed by atoms with Gasteiger partial charge >= 0.3 is 0 Å². The minimum absolute atomic E-state index is 0.00113. The molecule has 0 aromatic heterocycles. The standard InChI is InChI=1S/C28H40ClN3O4S/c1-7-22(5)30-28(34)25(8-2)31(19-23-13-10-9-12-20(23)3)27(33)14-11-17-32(37(6,35)36)26-18-24(29)16-15-21(26)4/h9-10,12-13,15-16,18,22,25H,7-8,11,14,17,19H2,1-6H3,(H,30,34). The molecule has 1 N–H and O–H groups in total. The van der Waals surface area contributed by atoms with Gasteiger partial charge in [-0.3, -0.25) is 13.9 Å². The number of benzene rings is 2. The fourth-order valence-corrected chi connectivity index (χ4v) is 5.35. The smallest absolute Gasteiger partial charge is 0.243 e. The summed E-state index contributed by atoms with van der Waals surface area (Å²) in [5.74, 6) is -0.364. The van der Waals surface area contributed by atoms with Crippen LogP contribution < -0.4 is 9.62 Å². The molecule has 37 heavy (non-hydrogen) atoms. The maximum atomic E-state index is 13.6. The van der Waals surface area contributed by atoms with Crippen LogP contribution in [-0.2, 0) is 26.2 Å². The molecule has 0 saturated carbocycles. The Bertz CT molecular complexity index is 1190. The van der Waals surface area contributed by atoms with E-state index in [0.29, 0.717) is 30.1 Å². The van der Waals surface area contributed by atoms with Gasteiger partial charge in [0.25, 0.3) is 0 Å². The van der Waals surface area contributed by atoms with E-state index in [4.69, 9.17) is 11.6 Å². The number of sulfonamides is 1. The first-order valence-electron chi connectivity index (χ1n) is 12.8. The van der Waals surface area contributed by atoms with E-state index in [1.54, 1.807) is 23.1 Å². The average Bonchev–Trinajstić information content (AvgIpc) is 2.83. The first kappa shape index (κ1) is 30.6. The third kappa shape index (κ3) is 8.75. The maximum Gasteiger partial charge on any atom is 0.243 e. The molecule has 0 fully saturated rings.